The second-order valence-corrected chi connectivity index (χ2v) is 4.44. The van der Waals surface area contributed by atoms with Crippen molar-refractivity contribution in [1.29, 1.82) is 0 Å². The second-order valence-electron chi connectivity index (χ2n) is 1.48. The molecule has 4 heteroatoms. The summed E-state index contributed by atoms with van der Waals surface area (Å²) in [5, 5.41) is 0. The average molecular weight is 297 g/mol. The minimum atomic E-state index is -2.65. The molecule has 0 aliphatic heterocycles. The normalized spacial score (nSPS) is 10.4. The SMILES string of the molecule is CCP(=O)(O)CC.[Lu]. The number of hydrogen-bond donors (Lipinski definition) is 1. The van der Waals surface area contributed by atoms with Gasteiger partial charge in [-0.2, -0.15) is 0 Å². The molecule has 0 heterocycles. The maximum atomic E-state index is 10.5. The molecule has 0 aromatic rings. The standard InChI is InChI=1S/C4H11O2P.Lu/c1-3-7(5,6)4-2;/h3-4H2,1-2H3,(H,5,6);. The van der Waals surface area contributed by atoms with Gasteiger partial charge in [-0.25, -0.2) is 0 Å². The molecular formula is C4H11LuO2P. The van der Waals surface area contributed by atoms with Crippen LogP contribution >= 0.6 is 7.37 Å². The van der Waals surface area contributed by atoms with Gasteiger partial charge in [-0.05, 0) is 0 Å². The van der Waals surface area contributed by atoms with Crippen molar-refractivity contribution in [3.05, 3.63) is 0 Å². The van der Waals surface area contributed by atoms with Crippen LogP contribution in [0.1, 0.15) is 13.8 Å². The van der Waals surface area contributed by atoms with Gasteiger partial charge in [0.05, 0.1) is 0 Å². The van der Waals surface area contributed by atoms with Gasteiger partial charge in [0, 0.05) is 49.2 Å². The Kier molecular flexibility index (Phi) is 7.93. The predicted molar refractivity (Wildman–Crippen MR) is 30.9 cm³/mol. The summed E-state index contributed by atoms with van der Waals surface area (Å²) in [6.45, 7) is 3.45. The summed E-state index contributed by atoms with van der Waals surface area (Å²) in [5.41, 5.74) is 0. The zero-order valence-corrected chi connectivity index (χ0v) is 7.53. The van der Waals surface area contributed by atoms with Crippen LogP contribution in [0.4, 0.5) is 0 Å². The average Bonchev–Trinajstić information content (AvgIpc) is 1.68. The minimum absolute atomic E-state index is 0. The van der Waals surface area contributed by atoms with Gasteiger partial charge in [-0.1, -0.05) is 13.8 Å². The van der Waals surface area contributed by atoms with Crippen molar-refractivity contribution in [2.24, 2.45) is 0 Å². The van der Waals surface area contributed by atoms with Crippen molar-refractivity contribution in [2.75, 3.05) is 12.3 Å². The smallest absolute Gasteiger partial charge is 0.200 e. The number of rotatable bonds is 2. The van der Waals surface area contributed by atoms with Gasteiger partial charge in [0.1, 0.15) is 0 Å². The fraction of sp³-hybridized carbons (Fsp3) is 1.00. The van der Waals surface area contributed by atoms with Crippen LogP contribution in [0, 0.1) is 36.9 Å². The van der Waals surface area contributed by atoms with Crippen LogP contribution in [-0.4, -0.2) is 17.2 Å². The van der Waals surface area contributed by atoms with Crippen LogP contribution in [0.3, 0.4) is 0 Å². The predicted octanol–water partition coefficient (Wildman–Crippen LogP) is 1.30. The van der Waals surface area contributed by atoms with Gasteiger partial charge in [-0.15, -0.1) is 0 Å². The minimum Gasteiger partial charge on any atom is -0.344 e. The Balaban J connectivity index is 0. The monoisotopic (exact) mass is 297 g/mol. The first-order valence-corrected chi connectivity index (χ1v) is 4.46. The molecule has 0 aliphatic rings. The van der Waals surface area contributed by atoms with E-state index in [2.05, 4.69) is 0 Å². The molecule has 0 fully saturated rings. The van der Waals surface area contributed by atoms with Gasteiger partial charge in [-0.3, -0.25) is 4.57 Å². The van der Waals surface area contributed by atoms with E-state index in [1.165, 1.54) is 0 Å². The summed E-state index contributed by atoms with van der Waals surface area (Å²) in [7, 11) is -2.65. The van der Waals surface area contributed by atoms with E-state index in [1.807, 2.05) is 0 Å². The van der Waals surface area contributed by atoms with Crippen molar-refractivity contribution in [3.63, 3.8) is 0 Å². The molecule has 2 nitrogen and oxygen atoms in total. The fourth-order valence-corrected chi connectivity index (χ4v) is 0.671. The summed E-state index contributed by atoms with van der Waals surface area (Å²) >= 11 is 0. The van der Waals surface area contributed by atoms with Crippen molar-refractivity contribution in [1.82, 2.24) is 0 Å². The molecule has 0 amide bonds. The first kappa shape index (κ1) is 12.1. The summed E-state index contributed by atoms with van der Waals surface area (Å²) in [4.78, 5) is 8.69. The molecule has 1 N–H and O–H groups in total. The molecule has 0 atom stereocenters. The molecule has 0 bridgehead atoms. The van der Waals surface area contributed by atoms with Crippen LogP contribution < -0.4 is 0 Å². The first-order chi connectivity index (χ1) is 3.12. The molecule has 1 radical (unpaired) electrons. The van der Waals surface area contributed by atoms with Crippen LogP contribution in [0.5, 0.6) is 0 Å². The third-order valence-electron chi connectivity index (χ3n) is 0.988. The molecular weight excluding hydrogens is 286 g/mol. The fourth-order valence-electron chi connectivity index (χ4n) is 0.224. The topological polar surface area (TPSA) is 37.3 Å². The Labute approximate surface area is 79.3 Å². The van der Waals surface area contributed by atoms with Crippen LogP contribution in [0.2, 0.25) is 0 Å². The molecule has 0 aliphatic carbocycles. The van der Waals surface area contributed by atoms with Crippen LogP contribution in [0.15, 0.2) is 0 Å². The van der Waals surface area contributed by atoms with E-state index < -0.39 is 7.37 Å². The van der Waals surface area contributed by atoms with E-state index >= 15 is 0 Å². The maximum Gasteiger partial charge on any atom is 0.200 e. The van der Waals surface area contributed by atoms with Crippen molar-refractivity contribution in [2.45, 2.75) is 13.8 Å². The van der Waals surface area contributed by atoms with Crippen molar-refractivity contribution >= 4 is 7.37 Å². The maximum absolute atomic E-state index is 10.5. The Bertz CT molecular complexity index is 86.0. The molecule has 0 saturated heterocycles. The number of hydrogen-bond acceptors (Lipinski definition) is 1. The van der Waals surface area contributed by atoms with Crippen molar-refractivity contribution < 1.29 is 46.3 Å². The molecule has 8 heavy (non-hydrogen) atoms. The quantitative estimate of drug-likeness (QED) is 0.780. The third kappa shape index (κ3) is 5.56. The Morgan fingerprint density at radius 3 is 1.62 bits per heavy atom. The first-order valence-electron chi connectivity index (χ1n) is 2.43. The van der Waals surface area contributed by atoms with Gasteiger partial charge in [0.25, 0.3) is 0 Å². The van der Waals surface area contributed by atoms with Gasteiger partial charge in [0.2, 0.25) is 0 Å². The summed E-state index contributed by atoms with van der Waals surface area (Å²) in [5.74, 6) is 0. The van der Waals surface area contributed by atoms with E-state index in [0.717, 1.165) is 0 Å². The molecule has 0 spiro atoms. The molecule has 0 saturated carbocycles. The zero-order chi connectivity index (χ0) is 5.91. The van der Waals surface area contributed by atoms with Gasteiger partial charge in [0.15, 0.2) is 7.37 Å². The largest absolute Gasteiger partial charge is 0.344 e. The Morgan fingerprint density at radius 2 is 1.62 bits per heavy atom. The molecule has 0 aromatic heterocycles. The Hall–Kier alpha value is 1.42. The van der Waals surface area contributed by atoms with E-state index in [1.54, 1.807) is 13.8 Å². The van der Waals surface area contributed by atoms with E-state index in [4.69, 9.17) is 4.89 Å². The van der Waals surface area contributed by atoms with Crippen LogP contribution in [0.25, 0.3) is 0 Å². The van der Waals surface area contributed by atoms with E-state index in [-0.39, 0.29) is 36.9 Å². The Morgan fingerprint density at radius 1 is 1.38 bits per heavy atom. The van der Waals surface area contributed by atoms with E-state index in [9.17, 15) is 4.57 Å². The second kappa shape index (κ2) is 5.23. The van der Waals surface area contributed by atoms with Crippen LogP contribution in [-0.2, 0) is 4.57 Å². The van der Waals surface area contributed by atoms with Gasteiger partial charge >= 0.3 is 0 Å². The summed E-state index contributed by atoms with van der Waals surface area (Å²) in [6, 6.07) is 0. The molecule has 0 unspecified atom stereocenters. The molecule has 59 valence electrons. The van der Waals surface area contributed by atoms with Crippen molar-refractivity contribution in [3.8, 4) is 0 Å². The molecule has 0 aromatic carbocycles. The summed E-state index contributed by atoms with van der Waals surface area (Å²) in [6.07, 6.45) is 0.812. The van der Waals surface area contributed by atoms with E-state index in [0.29, 0.717) is 12.3 Å². The molecule has 0 rings (SSSR count). The third-order valence-corrected chi connectivity index (χ3v) is 2.96. The zero-order valence-electron chi connectivity index (χ0n) is 4.98. The van der Waals surface area contributed by atoms with Gasteiger partial charge < -0.3 is 4.89 Å². The summed E-state index contributed by atoms with van der Waals surface area (Å²) < 4.78 is 10.5.